The molecule has 1 N–H and O–H groups in total. The Hall–Kier alpha value is -1.40. The fourth-order valence-electron chi connectivity index (χ4n) is 1.63. The molecule has 0 spiro atoms. The smallest absolute Gasteiger partial charge is 0.387 e. The number of hydrogen-bond acceptors (Lipinski definition) is 4. The highest BCUT2D eigenvalue weighted by atomic mass is 19.3. The van der Waals surface area contributed by atoms with E-state index in [0.717, 1.165) is 5.56 Å². The number of alkyl halides is 2. The molecule has 0 fully saturated rings. The molecule has 0 saturated heterocycles. The van der Waals surface area contributed by atoms with Gasteiger partial charge in [-0.1, -0.05) is 6.07 Å². The first-order valence-electron chi connectivity index (χ1n) is 6.50. The monoisotopic (exact) mass is 289 g/mol. The van der Waals surface area contributed by atoms with Gasteiger partial charge in [-0.3, -0.25) is 0 Å². The van der Waals surface area contributed by atoms with Crippen LogP contribution in [0.1, 0.15) is 19.4 Å². The number of hydrogen-bond donors (Lipinski definition) is 1. The summed E-state index contributed by atoms with van der Waals surface area (Å²) in [5, 5.41) is 3.21. The van der Waals surface area contributed by atoms with Crippen molar-refractivity contribution in [2.45, 2.75) is 33.1 Å². The summed E-state index contributed by atoms with van der Waals surface area (Å²) in [5.74, 6) is 0.378. The molecule has 0 aromatic heterocycles. The summed E-state index contributed by atoms with van der Waals surface area (Å²) in [6.45, 7) is 2.58. The third kappa shape index (κ3) is 5.71. The van der Waals surface area contributed by atoms with Crippen molar-refractivity contribution in [3.05, 3.63) is 23.8 Å². The minimum absolute atomic E-state index is 0.0517. The summed E-state index contributed by atoms with van der Waals surface area (Å²) < 4.78 is 39.4. The number of ether oxygens (including phenoxy) is 3. The number of methoxy groups -OCH3 is 1. The minimum Gasteiger partial charge on any atom is -0.490 e. The van der Waals surface area contributed by atoms with Gasteiger partial charge in [-0.25, -0.2) is 0 Å². The van der Waals surface area contributed by atoms with Crippen LogP contribution in [0.5, 0.6) is 11.5 Å². The Labute approximate surface area is 118 Å². The lowest BCUT2D eigenvalue weighted by atomic mass is 10.2. The molecule has 20 heavy (non-hydrogen) atoms. The molecule has 4 nitrogen and oxygen atoms in total. The van der Waals surface area contributed by atoms with E-state index >= 15 is 0 Å². The Bertz CT molecular complexity index is 402. The standard InChI is InChI=1S/C14H21F2NO3/c1-4-19-13-7-11(9-17-8-10(2)18-3)5-6-12(13)20-14(15)16/h5-7,10,14,17H,4,8-9H2,1-3H3. The van der Waals surface area contributed by atoms with Crippen LogP contribution < -0.4 is 14.8 Å². The van der Waals surface area contributed by atoms with Crippen molar-refractivity contribution in [2.24, 2.45) is 0 Å². The average molecular weight is 289 g/mol. The quantitative estimate of drug-likeness (QED) is 0.759. The number of nitrogens with one attached hydrogen (secondary N) is 1. The summed E-state index contributed by atoms with van der Waals surface area (Å²) >= 11 is 0. The number of halogens is 2. The molecular weight excluding hydrogens is 268 g/mol. The Morgan fingerprint density at radius 1 is 1.25 bits per heavy atom. The van der Waals surface area contributed by atoms with Crippen LogP contribution in [-0.4, -0.2) is 33.0 Å². The van der Waals surface area contributed by atoms with Crippen LogP contribution >= 0.6 is 0 Å². The third-order valence-electron chi connectivity index (χ3n) is 2.69. The van der Waals surface area contributed by atoms with Crippen molar-refractivity contribution in [3.8, 4) is 11.5 Å². The van der Waals surface area contributed by atoms with Gasteiger partial charge >= 0.3 is 6.61 Å². The van der Waals surface area contributed by atoms with E-state index in [-0.39, 0.29) is 11.9 Å². The average Bonchev–Trinajstić information content (AvgIpc) is 2.41. The van der Waals surface area contributed by atoms with Gasteiger partial charge in [0.25, 0.3) is 0 Å². The van der Waals surface area contributed by atoms with Crippen LogP contribution in [0.2, 0.25) is 0 Å². The maximum Gasteiger partial charge on any atom is 0.387 e. The van der Waals surface area contributed by atoms with Crippen molar-refractivity contribution in [1.82, 2.24) is 5.32 Å². The molecule has 0 amide bonds. The molecule has 1 rings (SSSR count). The fraction of sp³-hybridized carbons (Fsp3) is 0.571. The SMILES string of the molecule is CCOc1cc(CNCC(C)OC)ccc1OC(F)F. The highest BCUT2D eigenvalue weighted by Gasteiger charge is 2.11. The summed E-state index contributed by atoms with van der Waals surface area (Å²) in [4.78, 5) is 0. The summed E-state index contributed by atoms with van der Waals surface area (Å²) in [5.41, 5.74) is 0.929. The molecule has 0 aliphatic heterocycles. The molecule has 6 heteroatoms. The van der Waals surface area contributed by atoms with Gasteiger partial charge in [0.05, 0.1) is 12.7 Å². The lowest BCUT2D eigenvalue weighted by molar-refractivity contribution is -0.0514. The molecule has 1 aromatic rings. The largest absolute Gasteiger partial charge is 0.490 e. The molecule has 0 radical (unpaired) electrons. The molecule has 0 aliphatic rings. The van der Waals surface area contributed by atoms with Crippen LogP contribution in [0.4, 0.5) is 8.78 Å². The second-order valence-electron chi connectivity index (χ2n) is 4.27. The maximum absolute atomic E-state index is 12.3. The summed E-state index contributed by atoms with van der Waals surface area (Å²) in [6, 6.07) is 4.92. The Balaban J connectivity index is 2.66. The third-order valence-corrected chi connectivity index (χ3v) is 2.69. The van der Waals surface area contributed by atoms with Crippen LogP contribution in [0, 0.1) is 0 Å². The molecule has 0 saturated carbocycles. The van der Waals surface area contributed by atoms with Crippen LogP contribution in [-0.2, 0) is 11.3 Å². The van der Waals surface area contributed by atoms with Gasteiger partial charge in [-0.15, -0.1) is 0 Å². The number of benzene rings is 1. The van der Waals surface area contributed by atoms with E-state index in [1.54, 1.807) is 26.2 Å². The molecule has 1 unspecified atom stereocenters. The van der Waals surface area contributed by atoms with Crippen LogP contribution in [0.3, 0.4) is 0 Å². The second kappa shape index (κ2) is 8.71. The molecule has 0 aliphatic carbocycles. The molecular formula is C14H21F2NO3. The van der Waals surface area contributed by atoms with Crippen LogP contribution in [0.15, 0.2) is 18.2 Å². The topological polar surface area (TPSA) is 39.7 Å². The van der Waals surface area contributed by atoms with E-state index in [4.69, 9.17) is 9.47 Å². The Kier molecular flexibility index (Phi) is 7.25. The zero-order valence-electron chi connectivity index (χ0n) is 12.0. The Morgan fingerprint density at radius 3 is 2.60 bits per heavy atom. The Morgan fingerprint density at radius 2 is 2.00 bits per heavy atom. The molecule has 1 aromatic carbocycles. The van der Waals surface area contributed by atoms with E-state index in [1.165, 1.54) is 6.07 Å². The fourth-order valence-corrected chi connectivity index (χ4v) is 1.63. The molecule has 114 valence electrons. The van der Waals surface area contributed by atoms with Crippen molar-refractivity contribution >= 4 is 0 Å². The van der Waals surface area contributed by atoms with E-state index in [1.807, 2.05) is 6.92 Å². The van der Waals surface area contributed by atoms with Crippen molar-refractivity contribution in [3.63, 3.8) is 0 Å². The van der Waals surface area contributed by atoms with Crippen LogP contribution in [0.25, 0.3) is 0 Å². The van der Waals surface area contributed by atoms with Gasteiger partial charge in [0.15, 0.2) is 11.5 Å². The minimum atomic E-state index is -2.86. The second-order valence-corrected chi connectivity index (χ2v) is 4.27. The van der Waals surface area contributed by atoms with Crippen molar-refractivity contribution in [2.75, 3.05) is 20.3 Å². The zero-order valence-corrected chi connectivity index (χ0v) is 12.0. The van der Waals surface area contributed by atoms with Gasteiger partial charge in [-0.2, -0.15) is 8.78 Å². The van der Waals surface area contributed by atoms with Crippen molar-refractivity contribution < 1.29 is 23.0 Å². The predicted octanol–water partition coefficient (Wildman–Crippen LogP) is 2.81. The summed E-state index contributed by atoms with van der Waals surface area (Å²) in [6.07, 6.45) is 0.114. The van der Waals surface area contributed by atoms with E-state index in [0.29, 0.717) is 25.4 Å². The predicted molar refractivity (Wildman–Crippen MR) is 72.4 cm³/mol. The molecule has 1 atom stereocenters. The zero-order chi connectivity index (χ0) is 15.0. The lowest BCUT2D eigenvalue weighted by Gasteiger charge is -2.14. The maximum atomic E-state index is 12.3. The van der Waals surface area contributed by atoms with E-state index in [2.05, 4.69) is 10.1 Å². The molecule has 0 heterocycles. The van der Waals surface area contributed by atoms with E-state index < -0.39 is 6.61 Å². The van der Waals surface area contributed by atoms with Gasteiger partial charge in [-0.05, 0) is 31.5 Å². The van der Waals surface area contributed by atoms with Crippen molar-refractivity contribution in [1.29, 1.82) is 0 Å². The number of rotatable bonds is 9. The highest BCUT2D eigenvalue weighted by Crippen LogP contribution is 2.29. The first kappa shape index (κ1) is 16.7. The highest BCUT2D eigenvalue weighted by molar-refractivity contribution is 5.43. The lowest BCUT2D eigenvalue weighted by Crippen LogP contribution is -2.25. The van der Waals surface area contributed by atoms with Gasteiger partial charge in [0, 0.05) is 20.2 Å². The molecule has 0 bridgehead atoms. The van der Waals surface area contributed by atoms with E-state index in [9.17, 15) is 8.78 Å². The van der Waals surface area contributed by atoms with Gasteiger partial charge in [0.1, 0.15) is 0 Å². The first-order valence-corrected chi connectivity index (χ1v) is 6.50. The van der Waals surface area contributed by atoms with Gasteiger partial charge in [0.2, 0.25) is 0 Å². The van der Waals surface area contributed by atoms with Gasteiger partial charge < -0.3 is 19.5 Å². The summed E-state index contributed by atoms with van der Waals surface area (Å²) in [7, 11) is 1.65. The first-order chi connectivity index (χ1) is 9.56. The normalized spacial score (nSPS) is 12.5.